The highest BCUT2D eigenvalue weighted by molar-refractivity contribution is 5.72. The minimum Gasteiger partial charge on any atom is -0.351 e. The number of nitrogens with zero attached hydrogens (tertiary/aromatic N) is 4. The van der Waals surface area contributed by atoms with Gasteiger partial charge in [-0.1, -0.05) is 13.0 Å². The summed E-state index contributed by atoms with van der Waals surface area (Å²) >= 11 is 0. The number of amides is 1. The number of likely N-dealkylation sites (tertiary alicyclic amines) is 1. The van der Waals surface area contributed by atoms with E-state index in [1.165, 1.54) is 18.9 Å². The molecule has 1 atom stereocenters. The standard InChI is InChI=1S/C19H27N5O/c1-3-9-24-14-16(11-21-24)13-23-10-5-8-19(23)18-7-4-6-17(22-18)12-20-15(2)25/h4,6-7,11,14,19H,3,5,8-10,12-13H2,1-2H3,(H,20,25)/t19-/m1/s1. The predicted molar refractivity (Wildman–Crippen MR) is 96.7 cm³/mol. The number of hydrogen-bond acceptors (Lipinski definition) is 4. The van der Waals surface area contributed by atoms with Gasteiger partial charge >= 0.3 is 0 Å². The fourth-order valence-corrected chi connectivity index (χ4v) is 3.42. The van der Waals surface area contributed by atoms with Crippen LogP contribution in [0.4, 0.5) is 0 Å². The van der Waals surface area contributed by atoms with Gasteiger partial charge in [0, 0.05) is 31.8 Å². The molecule has 0 aliphatic carbocycles. The first-order valence-corrected chi connectivity index (χ1v) is 9.11. The molecule has 6 nitrogen and oxygen atoms in total. The van der Waals surface area contributed by atoms with Crippen molar-refractivity contribution in [2.24, 2.45) is 0 Å². The van der Waals surface area contributed by atoms with Gasteiger partial charge in [-0.3, -0.25) is 19.4 Å². The van der Waals surface area contributed by atoms with Crippen LogP contribution in [0.3, 0.4) is 0 Å². The van der Waals surface area contributed by atoms with Crippen LogP contribution in [0.15, 0.2) is 30.6 Å². The van der Waals surface area contributed by atoms with Crippen LogP contribution in [0, 0.1) is 0 Å². The maximum atomic E-state index is 11.1. The van der Waals surface area contributed by atoms with E-state index in [1.54, 1.807) is 0 Å². The van der Waals surface area contributed by atoms with Gasteiger partial charge in [-0.05, 0) is 37.9 Å². The van der Waals surface area contributed by atoms with Crippen LogP contribution in [0.25, 0.3) is 0 Å². The summed E-state index contributed by atoms with van der Waals surface area (Å²) in [5.41, 5.74) is 3.27. The number of carbonyl (C=O) groups is 1. The highest BCUT2D eigenvalue weighted by atomic mass is 16.1. The molecule has 1 aliphatic rings. The lowest BCUT2D eigenvalue weighted by atomic mass is 10.1. The lowest BCUT2D eigenvalue weighted by Crippen LogP contribution is -2.24. The summed E-state index contributed by atoms with van der Waals surface area (Å²) in [4.78, 5) is 18.4. The van der Waals surface area contributed by atoms with Crippen molar-refractivity contribution in [2.75, 3.05) is 6.54 Å². The van der Waals surface area contributed by atoms with E-state index in [1.807, 2.05) is 23.0 Å². The Labute approximate surface area is 149 Å². The first-order valence-electron chi connectivity index (χ1n) is 9.11. The first-order chi connectivity index (χ1) is 12.2. The lowest BCUT2D eigenvalue weighted by molar-refractivity contribution is -0.119. The highest BCUT2D eigenvalue weighted by Gasteiger charge is 2.27. The Morgan fingerprint density at radius 3 is 3.08 bits per heavy atom. The fraction of sp³-hybridized carbons (Fsp3) is 0.526. The van der Waals surface area contributed by atoms with Gasteiger partial charge in [0.15, 0.2) is 0 Å². The summed E-state index contributed by atoms with van der Waals surface area (Å²) in [6.45, 7) is 7.14. The molecule has 1 aliphatic heterocycles. The molecule has 2 aromatic heterocycles. The molecule has 0 unspecified atom stereocenters. The third kappa shape index (κ3) is 4.66. The van der Waals surface area contributed by atoms with E-state index in [2.05, 4.69) is 34.5 Å². The maximum Gasteiger partial charge on any atom is 0.217 e. The van der Waals surface area contributed by atoms with Gasteiger partial charge in [0.1, 0.15) is 0 Å². The number of carbonyl (C=O) groups excluding carboxylic acids is 1. The van der Waals surface area contributed by atoms with Crippen LogP contribution in [0.2, 0.25) is 0 Å². The third-order valence-electron chi connectivity index (χ3n) is 4.58. The Balaban J connectivity index is 1.68. The number of hydrogen-bond donors (Lipinski definition) is 1. The van der Waals surface area contributed by atoms with Crippen molar-refractivity contribution >= 4 is 5.91 Å². The lowest BCUT2D eigenvalue weighted by Gasteiger charge is -2.23. The van der Waals surface area contributed by atoms with Gasteiger partial charge in [-0.15, -0.1) is 0 Å². The summed E-state index contributed by atoms with van der Waals surface area (Å²) in [6.07, 6.45) is 7.54. The molecule has 0 saturated carbocycles. The second-order valence-corrected chi connectivity index (χ2v) is 6.70. The summed E-state index contributed by atoms with van der Waals surface area (Å²) < 4.78 is 2.02. The molecule has 0 radical (unpaired) electrons. The Bertz CT molecular complexity index is 711. The number of aromatic nitrogens is 3. The second-order valence-electron chi connectivity index (χ2n) is 6.70. The van der Waals surface area contributed by atoms with Crippen molar-refractivity contribution in [3.05, 3.63) is 47.5 Å². The largest absolute Gasteiger partial charge is 0.351 e. The van der Waals surface area contributed by atoms with Crippen LogP contribution in [0.1, 0.15) is 56.1 Å². The molecule has 0 bridgehead atoms. The molecule has 6 heteroatoms. The van der Waals surface area contributed by atoms with E-state index in [0.29, 0.717) is 12.6 Å². The average molecular weight is 341 g/mol. The predicted octanol–water partition coefficient (Wildman–Crippen LogP) is 2.66. The number of rotatable bonds is 7. The van der Waals surface area contributed by atoms with Crippen molar-refractivity contribution in [1.29, 1.82) is 0 Å². The average Bonchev–Trinajstić information content (AvgIpc) is 3.24. The molecule has 0 spiro atoms. The molecule has 2 aromatic rings. The van der Waals surface area contributed by atoms with E-state index in [0.717, 1.165) is 43.9 Å². The zero-order chi connectivity index (χ0) is 17.6. The van der Waals surface area contributed by atoms with E-state index >= 15 is 0 Å². The van der Waals surface area contributed by atoms with Crippen LogP contribution in [-0.2, 0) is 24.4 Å². The molecular weight excluding hydrogens is 314 g/mol. The molecule has 0 aromatic carbocycles. The van der Waals surface area contributed by atoms with Crippen molar-refractivity contribution in [3.8, 4) is 0 Å². The van der Waals surface area contributed by atoms with E-state index in [9.17, 15) is 4.79 Å². The van der Waals surface area contributed by atoms with Crippen molar-refractivity contribution < 1.29 is 4.79 Å². The number of nitrogens with one attached hydrogen (secondary N) is 1. The molecule has 1 N–H and O–H groups in total. The molecule has 1 saturated heterocycles. The molecule has 25 heavy (non-hydrogen) atoms. The second kappa shape index (κ2) is 8.25. The van der Waals surface area contributed by atoms with Gasteiger partial charge in [0.2, 0.25) is 5.91 Å². The summed E-state index contributed by atoms with van der Waals surface area (Å²) in [5.74, 6) is -0.0289. The summed E-state index contributed by atoms with van der Waals surface area (Å²) in [5, 5.41) is 7.25. The highest BCUT2D eigenvalue weighted by Crippen LogP contribution is 2.32. The third-order valence-corrected chi connectivity index (χ3v) is 4.58. The Morgan fingerprint density at radius 2 is 2.28 bits per heavy atom. The van der Waals surface area contributed by atoms with Crippen molar-refractivity contribution in [1.82, 2.24) is 25.0 Å². The van der Waals surface area contributed by atoms with Crippen LogP contribution in [-0.4, -0.2) is 32.1 Å². The van der Waals surface area contributed by atoms with E-state index in [-0.39, 0.29) is 5.91 Å². The van der Waals surface area contributed by atoms with Gasteiger partial charge in [-0.2, -0.15) is 5.10 Å². The van der Waals surface area contributed by atoms with Gasteiger partial charge in [0.05, 0.1) is 30.2 Å². The SMILES string of the molecule is CCCn1cc(CN2CCC[C@@H]2c2cccc(CNC(C)=O)n2)cn1. The summed E-state index contributed by atoms with van der Waals surface area (Å²) in [6, 6.07) is 6.44. The van der Waals surface area contributed by atoms with Gasteiger partial charge in [-0.25, -0.2) is 0 Å². The molecule has 1 amide bonds. The van der Waals surface area contributed by atoms with Crippen LogP contribution >= 0.6 is 0 Å². The van der Waals surface area contributed by atoms with Crippen LogP contribution in [0.5, 0.6) is 0 Å². The molecular formula is C19H27N5O. The fourth-order valence-electron chi connectivity index (χ4n) is 3.42. The normalized spacial score (nSPS) is 17.8. The smallest absolute Gasteiger partial charge is 0.217 e. The van der Waals surface area contributed by atoms with Crippen molar-refractivity contribution in [3.63, 3.8) is 0 Å². The van der Waals surface area contributed by atoms with Gasteiger partial charge in [0.25, 0.3) is 0 Å². The Hall–Kier alpha value is -2.21. The molecule has 134 valence electrons. The zero-order valence-electron chi connectivity index (χ0n) is 15.1. The first kappa shape index (κ1) is 17.6. The van der Waals surface area contributed by atoms with Crippen LogP contribution < -0.4 is 5.32 Å². The Morgan fingerprint density at radius 1 is 1.40 bits per heavy atom. The number of aryl methyl sites for hydroxylation is 1. The zero-order valence-corrected chi connectivity index (χ0v) is 15.1. The Kier molecular flexibility index (Phi) is 5.81. The minimum absolute atomic E-state index is 0.0289. The quantitative estimate of drug-likeness (QED) is 0.841. The monoisotopic (exact) mass is 341 g/mol. The summed E-state index contributed by atoms with van der Waals surface area (Å²) in [7, 11) is 0. The van der Waals surface area contributed by atoms with Crippen molar-refractivity contribution in [2.45, 2.75) is 58.8 Å². The number of pyridine rings is 1. The van der Waals surface area contributed by atoms with E-state index in [4.69, 9.17) is 4.98 Å². The molecule has 3 rings (SSSR count). The maximum absolute atomic E-state index is 11.1. The van der Waals surface area contributed by atoms with Gasteiger partial charge < -0.3 is 5.32 Å². The topological polar surface area (TPSA) is 63.0 Å². The van der Waals surface area contributed by atoms with E-state index < -0.39 is 0 Å². The minimum atomic E-state index is -0.0289. The molecule has 3 heterocycles. The molecule has 1 fully saturated rings.